The van der Waals surface area contributed by atoms with Crippen molar-refractivity contribution < 1.29 is 39.2 Å². The van der Waals surface area contributed by atoms with Gasteiger partial charge >= 0.3 is 11.9 Å². The van der Waals surface area contributed by atoms with Crippen molar-refractivity contribution in [2.45, 2.75) is 31.4 Å². The molecule has 0 bridgehead atoms. The summed E-state index contributed by atoms with van der Waals surface area (Å²) in [7, 11) is 1.59. The first-order chi connectivity index (χ1) is 17.2. The Morgan fingerprint density at radius 2 is 1.86 bits per heavy atom. The lowest BCUT2D eigenvalue weighted by molar-refractivity contribution is -0.159. The van der Waals surface area contributed by atoms with Gasteiger partial charge in [-0.15, -0.1) is 0 Å². The Morgan fingerprint density at radius 3 is 2.53 bits per heavy atom. The largest absolute Gasteiger partial charge is 0.484 e. The number of hydrogen-bond acceptors (Lipinski definition) is 7. The molecule has 3 rings (SSSR count). The highest BCUT2D eigenvalue weighted by Crippen LogP contribution is 2.26. The smallest absolute Gasteiger partial charge is 0.414 e. The van der Waals surface area contributed by atoms with Crippen molar-refractivity contribution in [3.8, 4) is 5.75 Å². The fraction of sp³-hybridized carbons (Fsp3) is 0.400. The van der Waals surface area contributed by atoms with Crippen molar-refractivity contribution in [2.24, 2.45) is 0 Å². The predicted octanol–water partition coefficient (Wildman–Crippen LogP) is 1.82. The molecule has 0 spiro atoms. The van der Waals surface area contributed by atoms with Gasteiger partial charge in [0.05, 0.1) is 12.7 Å². The van der Waals surface area contributed by atoms with Gasteiger partial charge in [-0.3, -0.25) is 4.79 Å². The van der Waals surface area contributed by atoms with Crippen LogP contribution in [0, 0.1) is 0 Å². The van der Waals surface area contributed by atoms with Crippen molar-refractivity contribution in [3.63, 3.8) is 0 Å². The number of aliphatic carboxylic acids is 2. The van der Waals surface area contributed by atoms with Gasteiger partial charge in [0.2, 0.25) is 0 Å². The van der Waals surface area contributed by atoms with Crippen molar-refractivity contribution in [1.29, 1.82) is 0 Å². The molecule has 196 valence electrons. The van der Waals surface area contributed by atoms with Crippen LogP contribution in [0.1, 0.15) is 29.2 Å². The SMILES string of the molecule is COCCNC(=O)COc1ccc2c(c1)C[C@@H](NC[C@H](O)c1cccc(Cl)c1)CC2.O=C(O)C(=O)O. The number of benzene rings is 2. The highest BCUT2D eigenvalue weighted by molar-refractivity contribution is 6.30. The van der Waals surface area contributed by atoms with E-state index in [0.717, 1.165) is 24.8 Å². The minimum Gasteiger partial charge on any atom is -0.484 e. The second-order valence-electron chi connectivity index (χ2n) is 8.09. The van der Waals surface area contributed by atoms with Gasteiger partial charge in [0.1, 0.15) is 5.75 Å². The Kier molecular flexibility index (Phi) is 12.1. The maximum Gasteiger partial charge on any atom is 0.414 e. The van der Waals surface area contributed by atoms with E-state index in [4.69, 9.17) is 40.9 Å². The molecule has 10 nitrogen and oxygen atoms in total. The van der Waals surface area contributed by atoms with E-state index in [0.29, 0.717) is 30.5 Å². The molecule has 0 aliphatic heterocycles. The van der Waals surface area contributed by atoms with Crippen molar-refractivity contribution in [3.05, 3.63) is 64.2 Å². The molecule has 0 radical (unpaired) electrons. The molecule has 36 heavy (non-hydrogen) atoms. The molecule has 1 aliphatic rings. The second kappa shape index (κ2) is 15.0. The predicted molar refractivity (Wildman–Crippen MR) is 132 cm³/mol. The average molecular weight is 523 g/mol. The van der Waals surface area contributed by atoms with Crippen LogP contribution in [0.3, 0.4) is 0 Å². The molecule has 5 N–H and O–H groups in total. The highest BCUT2D eigenvalue weighted by Gasteiger charge is 2.20. The number of rotatable bonds is 10. The maximum atomic E-state index is 11.8. The zero-order valence-corrected chi connectivity index (χ0v) is 20.7. The Morgan fingerprint density at radius 1 is 1.11 bits per heavy atom. The Bertz CT molecular complexity index is 1020. The summed E-state index contributed by atoms with van der Waals surface area (Å²) in [5.41, 5.74) is 3.33. The second-order valence-corrected chi connectivity index (χ2v) is 8.53. The third-order valence-corrected chi connectivity index (χ3v) is 5.66. The van der Waals surface area contributed by atoms with Crippen LogP contribution in [0.2, 0.25) is 5.02 Å². The normalized spacial score (nSPS) is 15.0. The zero-order chi connectivity index (χ0) is 26.5. The number of carboxylic acids is 2. The number of nitrogens with one attached hydrogen (secondary N) is 2. The van der Waals surface area contributed by atoms with Gasteiger partial charge in [-0.25, -0.2) is 9.59 Å². The summed E-state index contributed by atoms with van der Waals surface area (Å²) in [4.78, 5) is 30.0. The molecule has 0 unspecified atom stereocenters. The topological polar surface area (TPSA) is 154 Å². The number of carbonyl (C=O) groups excluding carboxylic acids is 1. The fourth-order valence-corrected chi connectivity index (χ4v) is 3.80. The first-order valence-electron chi connectivity index (χ1n) is 11.3. The molecule has 0 saturated heterocycles. The van der Waals surface area contributed by atoms with E-state index in [9.17, 15) is 9.90 Å². The molecule has 2 aromatic rings. The molecule has 11 heteroatoms. The number of hydrogen-bond donors (Lipinski definition) is 5. The molecule has 2 atom stereocenters. The molecule has 0 aromatic heterocycles. The van der Waals surface area contributed by atoms with Gasteiger partial charge in [-0.1, -0.05) is 29.8 Å². The maximum absolute atomic E-state index is 11.8. The monoisotopic (exact) mass is 522 g/mol. The lowest BCUT2D eigenvalue weighted by atomic mass is 9.88. The van der Waals surface area contributed by atoms with Crippen molar-refractivity contribution in [2.75, 3.05) is 33.4 Å². The van der Waals surface area contributed by atoms with E-state index < -0.39 is 18.0 Å². The fourth-order valence-electron chi connectivity index (χ4n) is 3.60. The van der Waals surface area contributed by atoms with Crippen LogP contribution >= 0.6 is 11.6 Å². The van der Waals surface area contributed by atoms with Gasteiger partial charge in [-0.05, 0) is 60.2 Å². The molecule has 0 heterocycles. The molecule has 1 aliphatic carbocycles. The Hall–Kier alpha value is -3.18. The molecular weight excluding hydrogens is 492 g/mol. The Labute approximate surface area is 214 Å². The van der Waals surface area contributed by atoms with E-state index >= 15 is 0 Å². The number of aliphatic hydroxyl groups is 1. The van der Waals surface area contributed by atoms with Crippen LogP contribution in [-0.2, 0) is 32.0 Å². The van der Waals surface area contributed by atoms with E-state index in [1.807, 2.05) is 24.3 Å². The van der Waals surface area contributed by atoms with Crippen LogP contribution in [-0.4, -0.2) is 72.6 Å². The zero-order valence-electron chi connectivity index (χ0n) is 19.9. The number of fused-ring (bicyclic) bond motifs is 1. The first kappa shape index (κ1) is 29.1. The van der Waals surface area contributed by atoms with Crippen LogP contribution in [0.25, 0.3) is 0 Å². The quantitative estimate of drug-likeness (QED) is 0.232. The summed E-state index contributed by atoms with van der Waals surface area (Å²) in [6, 6.07) is 13.6. The summed E-state index contributed by atoms with van der Waals surface area (Å²) >= 11 is 6.01. The molecular formula is C25H31ClN2O8. The summed E-state index contributed by atoms with van der Waals surface area (Å²) < 4.78 is 10.6. The minimum atomic E-state index is -1.82. The van der Waals surface area contributed by atoms with E-state index in [1.165, 1.54) is 11.1 Å². The number of ether oxygens (including phenoxy) is 2. The van der Waals surface area contributed by atoms with Crippen LogP contribution in [0.5, 0.6) is 5.75 Å². The number of amides is 1. The highest BCUT2D eigenvalue weighted by atomic mass is 35.5. The third kappa shape index (κ3) is 10.2. The summed E-state index contributed by atoms with van der Waals surface area (Å²) in [5, 5.41) is 32.0. The van der Waals surface area contributed by atoms with Crippen molar-refractivity contribution in [1.82, 2.24) is 10.6 Å². The number of aliphatic hydroxyl groups excluding tert-OH is 1. The van der Waals surface area contributed by atoms with E-state index in [-0.39, 0.29) is 18.6 Å². The lowest BCUT2D eigenvalue weighted by Gasteiger charge is -2.27. The van der Waals surface area contributed by atoms with Crippen LogP contribution in [0.15, 0.2) is 42.5 Å². The van der Waals surface area contributed by atoms with Crippen LogP contribution in [0.4, 0.5) is 0 Å². The third-order valence-electron chi connectivity index (χ3n) is 5.42. The summed E-state index contributed by atoms with van der Waals surface area (Å²) in [6.07, 6.45) is 2.24. The summed E-state index contributed by atoms with van der Waals surface area (Å²) in [5.74, 6) is -3.13. The average Bonchev–Trinajstić information content (AvgIpc) is 2.86. The number of aryl methyl sites for hydroxylation is 1. The number of carbonyl (C=O) groups is 3. The molecule has 1 amide bonds. The first-order valence-corrected chi connectivity index (χ1v) is 11.7. The van der Waals surface area contributed by atoms with Gasteiger partial charge in [0.25, 0.3) is 5.91 Å². The van der Waals surface area contributed by atoms with Crippen LogP contribution < -0.4 is 15.4 Å². The Balaban J connectivity index is 0.000000678. The molecule has 0 saturated carbocycles. The van der Waals surface area contributed by atoms with Gasteiger partial charge in [0, 0.05) is 31.3 Å². The lowest BCUT2D eigenvalue weighted by Crippen LogP contribution is -2.37. The van der Waals surface area contributed by atoms with Gasteiger partial charge < -0.3 is 35.4 Å². The number of halogens is 1. The number of carboxylic acid groups (broad SMARTS) is 2. The summed E-state index contributed by atoms with van der Waals surface area (Å²) in [6.45, 7) is 1.40. The molecule has 0 fully saturated rings. The van der Waals surface area contributed by atoms with Crippen molar-refractivity contribution >= 4 is 29.4 Å². The number of methoxy groups -OCH3 is 1. The van der Waals surface area contributed by atoms with Gasteiger partial charge in [-0.2, -0.15) is 0 Å². The minimum absolute atomic E-state index is 0.0179. The molecule has 2 aromatic carbocycles. The van der Waals surface area contributed by atoms with Gasteiger partial charge in [0.15, 0.2) is 6.61 Å². The van der Waals surface area contributed by atoms with E-state index in [1.54, 1.807) is 19.2 Å². The standard InChI is InChI=1S/C23H29ClN2O4.C2H2O4/c1-29-10-9-25-23(28)15-30-21-8-6-16-5-7-20(12-18(16)13-21)26-14-22(27)17-3-2-4-19(24)11-17;3-1(4)2(5)6/h2-4,6,8,11,13,20,22,26-27H,5,7,9-10,12,14-15H2,1H3,(H,25,28);(H,3,4)(H,5,6)/t20-,22-;/m0./s1. The van der Waals surface area contributed by atoms with E-state index in [2.05, 4.69) is 16.7 Å².